The van der Waals surface area contributed by atoms with Gasteiger partial charge in [-0.05, 0) is 6.08 Å². The van der Waals surface area contributed by atoms with Gasteiger partial charge in [0.25, 0.3) is 11.8 Å². The number of hydrogen-bond donors (Lipinski definition) is 0. The number of nitrogens with zero attached hydrogens (tertiary/aromatic N) is 2. The molecule has 0 atom stereocenters. The van der Waals surface area contributed by atoms with Gasteiger partial charge in [-0.2, -0.15) is 0 Å². The van der Waals surface area contributed by atoms with Crippen molar-refractivity contribution in [1.29, 1.82) is 0 Å². The van der Waals surface area contributed by atoms with E-state index in [4.69, 9.17) is 9.47 Å². The first-order chi connectivity index (χ1) is 5.81. The van der Waals surface area contributed by atoms with Crippen LogP contribution in [0, 0.1) is 0 Å². The highest BCUT2D eigenvalue weighted by Crippen LogP contribution is 2.20. The van der Waals surface area contributed by atoms with E-state index >= 15 is 0 Å². The predicted molar refractivity (Wildman–Crippen MR) is 45.2 cm³/mol. The zero-order valence-electron chi connectivity index (χ0n) is 7.07. The van der Waals surface area contributed by atoms with Gasteiger partial charge in [-0.25, -0.2) is 9.97 Å². The van der Waals surface area contributed by atoms with Gasteiger partial charge in [0.2, 0.25) is 0 Å². The highest BCUT2D eigenvalue weighted by Gasteiger charge is 2.05. The molecule has 1 heterocycles. The van der Waals surface area contributed by atoms with Crippen molar-refractivity contribution in [3.63, 3.8) is 0 Å². The van der Waals surface area contributed by atoms with Gasteiger partial charge in [0.1, 0.15) is 0 Å². The summed E-state index contributed by atoms with van der Waals surface area (Å²) in [7, 11) is 3.03. The van der Waals surface area contributed by atoms with Crippen LogP contribution in [-0.2, 0) is 0 Å². The summed E-state index contributed by atoms with van der Waals surface area (Å²) in [5.74, 6) is 0.748. The second kappa shape index (κ2) is 3.71. The van der Waals surface area contributed by atoms with E-state index in [0.717, 1.165) is 0 Å². The Balaban J connectivity index is 3.10. The van der Waals surface area contributed by atoms with E-state index in [9.17, 15) is 0 Å². The molecule has 0 bridgehead atoms. The SMILES string of the molecule is C=Cc1cnc(OC)c(OC)n1. The fraction of sp³-hybridized carbons (Fsp3) is 0.250. The summed E-state index contributed by atoms with van der Waals surface area (Å²) in [6.07, 6.45) is 3.16. The van der Waals surface area contributed by atoms with Crippen molar-refractivity contribution >= 4 is 6.08 Å². The molecule has 1 aromatic rings. The molecule has 4 heteroatoms. The van der Waals surface area contributed by atoms with Crippen LogP contribution in [0.2, 0.25) is 0 Å². The molecule has 64 valence electrons. The largest absolute Gasteiger partial charge is 0.477 e. The van der Waals surface area contributed by atoms with Gasteiger partial charge in [-0.15, -0.1) is 0 Å². The van der Waals surface area contributed by atoms with E-state index in [-0.39, 0.29) is 0 Å². The molecular formula is C8H10N2O2. The third kappa shape index (κ3) is 1.53. The fourth-order valence-electron chi connectivity index (χ4n) is 0.745. The molecule has 0 aliphatic carbocycles. The molecule has 0 fully saturated rings. The fourth-order valence-corrected chi connectivity index (χ4v) is 0.745. The van der Waals surface area contributed by atoms with Crippen molar-refractivity contribution in [3.05, 3.63) is 18.5 Å². The number of ether oxygens (including phenoxy) is 2. The summed E-state index contributed by atoms with van der Waals surface area (Å²) in [5, 5.41) is 0. The molecule has 0 aliphatic rings. The van der Waals surface area contributed by atoms with Crippen LogP contribution in [0.1, 0.15) is 5.69 Å². The zero-order valence-corrected chi connectivity index (χ0v) is 7.07. The zero-order chi connectivity index (χ0) is 8.97. The monoisotopic (exact) mass is 166 g/mol. The summed E-state index contributed by atoms with van der Waals surface area (Å²) < 4.78 is 9.84. The lowest BCUT2D eigenvalue weighted by Gasteiger charge is -2.04. The van der Waals surface area contributed by atoms with Gasteiger partial charge >= 0.3 is 0 Å². The second-order valence-electron chi connectivity index (χ2n) is 2.02. The molecule has 0 saturated heterocycles. The van der Waals surface area contributed by atoms with Crippen LogP contribution in [0.25, 0.3) is 6.08 Å². The lowest BCUT2D eigenvalue weighted by molar-refractivity contribution is 0.331. The van der Waals surface area contributed by atoms with Crippen molar-refractivity contribution in [3.8, 4) is 11.8 Å². The first kappa shape index (κ1) is 8.52. The van der Waals surface area contributed by atoms with Gasteiger partial charge in [0.15, 0.2) is 0 Å². The third-order valence-corrected chi connectivity index (χ3v) is 1.32. The third-order valence-electron chi connectivity index (χ3n) is 1.32. The minimum atomic E-state index is 0.370. The summed E-state index contributed by atoms with van der Waals surface area (Å²) in [5.41, 5.74) is 0.660. The number of aromatic nitrogens is 2. The van der Waals surface area contributed by atoms with Crippen LogP contribution >= 0.6 is 0 Å². The predicted octanol–water partition coefficient (Wildman–Crippen LogP) is 1.14. The smallest absolute Gasteiger partial charge is 0.278 e. The van der Waals surface area contributed by atoms with E-state index in [1.165, 1.54) is 14.2 Å². The summed E-state index contributed by atoms with van der Waals surface area (Å²) in [6, 6.07) is 0. The van der Waals surface area contributed by atoms with Crippen molar-refractivity contribution in [2.75, 3.05) is 14.2 Å². The Morgan fingerprint density at radius 2 is 2.00 bits per heavy atom. The first-order valence-corrected chi connectivity index (χ1v) is 3.39. The molecule has 0 N–H and O–H groups in total. The Bertz CT molecular complexity index is 286. The minimum Gasteiger partial charge on any atom is -0.477 e. The molecule has 0 radical (unpaired) electrons. The maximum Gasteiger partial charge on any atom is 0.278 e. The van der Waals surface area contributed by atoms with Crippen LogP contribution in [-0.4, -0.2) is 24.2 Å². The van der Waals surface area contributed by atoms with E-state index in [1.807, 2.05) is 0 Å². The molecule has 0 spiro atoms. The maximum absolute atomic E-state index is 4.93. The molecule has 0 aliphatic heterocycles. The highest BCUT2D eigenvalue weighted by molar-refractivity contribution is 5.42. The number of methoxy groups -OCH3 is 2. The van der Waals surface area contributed by atoms with Crippen molar-refractivity contribution < 1.29 is 9.47 Å². The molecule has 12 heavy (non-hydrogen) atoms. The van der Waals surface area contributed by atoms with E-state index in [2.05, 4.69) is 16.5 Å². The Morgan fingerprint density at radius 3 is 2.50 bits per heavy atom. The van der Waals surface area contributed by atoms with Gasteiger partial charge in [0, 0.05) is 0 Å². The molecular weight excluding hydrogens is 156 g/mol. The molecule has 4 nitrogen and oxygen atoms in total. The lowest BCUT2D eigenvalue weighted by atomic mass is 10.4. The molecule has 1 aromatic heterocycles. The Labute approximate surface area is 70.9 Å². The van der Waals surface area contributed by atoms with Gasteiger partial charge in [-0.1, -0.05) is 6.58 Å². The van der Waals surface area contributed by atoms with Crippen molar-refractivity contribution in [1.82, 2.24) is 9.97 Å². The molecule has 1 rings (SSSR count). The van der Waals surface area contributed by atoms with Crippen LogP contribution in [0.5, 0.6) is 11.8 Å². The Kier molecular flexibility index (Phi) is 2.63. The first-order valence-electron chi connectivity index (χ1n) is 3.39. The summed E-state index contributed by atoms with van der Waals surface area (Å²) >= 11 is 0. The Morgan fingerprint density at radius 1 is 1.33 bits per heavy atom. The van der Waals surface area contributed by atoms with E-state index in [0.29, 0.717) is 17.5 Å². The molecule has 0 amide bonds. The average Bonchev–Trinajstić information content (AvgIpc) is 2.16. The van der Waals surface area contributed by atoms with Gasteiger partial charge in [-0.3, -0.25) is 0 Å². The van der Waals surface area contributed by atoms with Crippen molar-refractivity contribution in [2.45, 2.75) is 0 Å². The van der Waals surface area contributed by atoms with Crippen LogP contribution in [0.15, 0.2) is 12.8 Å². The molecule has 0 unspecified atom stereocenters. The van der Waals surface area contributed by atoms with Crippen LogP contribution in [0.3, 0.4) is 0 Å². The number of rotatable bonds is 3. The van der Waals surface area contributed by atoms with E-state index < -0.39 is 0 Å². The van der Waals surface area contributed by atoms with Gasteiger partial charge < -0.3 is 9.47 Å². The van der Waals surface area contributed by atoms with Crippen LogP contribution < -0.4 is 9.47 Å². The second-order valence-corrected chi connectivity index (χ2v) is 2.02. The maximum atomic E-state index is 4.93. The quantitative estimate of drug-likeness (QED) is 0.675. The van der Waals surface area contributed by atoms with Crippen LogP contribution in [0.4, 0.5) is 0 Å². The van der Waals surface area contributed by atoms with Gasteiger partial charge in [0.05, 0.1) is 26.1 Å². The summed E-state index contributed by atoms with van der Waals surface area (Å²) in [6.45, 7) is 3.56. The molecule has 0 saturated carbocycles. The normalized spacial score (nSPS) is 9.17. The highest BCUT2D eigenvalue weighted by atomic mass is 16.5. The average molecular weight is 166 g/mol. The standard InChI is InChI=1S/C8H10N2O2/c1-4-6-5-9-7(11-2)8(10-6)12-3/h4-5H,1H2,2-3H3. The topological polar surface area (TPSA) is 44.2 Å². The molecule has 0 aromatic carbocycles. The minimum absolute atomic E-state index is 0.370. The lowest BCUT2D eigenvalue weighted by Crippen LogP contribution is -1.97. The van der Waals surface area contributed by atoms with Crippen molar-refractivity contribution in [2.24, 2.45) is 0 Å². The van der Waals surface area contributed by atoms with E-state index in [1.54, 1.807) is 12.3 Å². The Hall–Kier alpha value is -1.58. The number of hydrogen-bond acceptors (Lipinski definition) is 4. The summed E-state index contributed by atoms with van der Waals surface area (Å²) in [4.78, 5) is 8.01.